The standard InChI is InChI=1S/C19H17N5/c1-2-6-15(7-3-1)17-23-18(16-9-12-22-19(16)24-17)21-11-8-14-5-4-10-20-13-14/h1-7,9-10,12-13H,8,11H2,(H2,21,22,23,24). The van der Waals surface area contributed by atoms with Crippen LogP contribution in [-0.2, 0) is 6.42 Å². The number of hydrogen-bond donors (Lipinski definition) is 2. The monoisotopic (exact) mass is 315 g/mol. The predicted octanol–water partition coefficient (Wildman–Crippen LogP) is 3.67. The molecule has 5 nitrogen and oxygen atoms in total. The van der Waals surface area contributed by atoms with Gasteiger partial charge in [-0.15, -0.1) is 0 Å². The molecule has 0 atom stereocenters. The van der Waals surface area contributed by atoms with E-state index < -0.39 is 0 Å². The topological polar surface area (TPSA) is 66.5 Å². The van der Waals surface area contributed by atoms with Crippen LogP contribution in [0.2, 0.25) is 0 Å². The lowest BCUT2D eigenvalue weighted by atomic mass is 10.2. The van der Waals surface area contributed by atoms with E-state index in [1.807, 2.05) is 54.9 Å². The third kappa shape index (κ3) is 2.96. The second kappa shape index (κ2) is 6.50. The zero-order chi connectivity index (χ0) is 16.2. The average molecular weight is 315 g/mol. The quantitative estimate of drug-likeness (QED) is 0.589. The van der Waals surface area contributed by atoms with Crippen molar-refractivity contribution in [2.75, 3.05) is 11.9 Å². The van der Waals surface area contributed by atoms with Crippen LogP contribution in [0.15, 0.2) is 67.1 Å². The first-order valence-electron chi connectivity index (χ1n) is 7.93. The molecule has 4 rings (SSSR count). The fourth-order valence-electron chi connectivity index (χ4n) is 2.66. The lowest BCUT2D eigenvalue weighted by Crippen LogP contribution is -2.08. The van der Waals surface area contributed by atoms with Gasteiger partial charge in [0.25, 0.3) is 0 Å². The molecule has 0 saturated carbocycles. The number of rotatable bonds is 5. The summed E-state index contributed by atoms with van der Waals surface area (Å²) in [4.78, 5) is 16.7. The molecule has 118 valence electrons. The maximum atomic E-state index is 4.72. The minimum Gasteiger partial charge on any atom is -0.369 e. The van der Waals surface area contributed by atoms with E-state index in [1.165, 1.54) is 5.56 Å². The number of nitrogens with zero attached hydrogens (tertiary/aromatic N) is 3. The summed E-state index contributed by atoms with van der Waals surface area (Å²) in [6.45, 7) is 0.789. The third-order valence-corrected chi connectivity index (χ3v) is 3.88. The van der Waals surface area contributed by atoms with Gasteiger partial charge in [0, 0.05) is 30.7 Å². The summed E-state index contributed by atoms with van der Waals surface area (Å²) in [7, 11) is 0. The van der Waals surface area contributed by atoms with Crippen molar-refractivity contribution in [3.8, 4) is 11.4 Å². The Balaban J connectivity index is 1.60. The van der Waals surface area contributed by atoms with Gasteiger partial charge in [-0.1, -0.05) is 36.4 Å². The second-order valence-electron chi connectivity index (χ2n) is 5.54. The lowest BCUT2D eigenvalue weighted by molar-refractivity contribution is 0.994. The molecule has 5 heteroatoms. The molecular weight excluding hydrogens is 298 g/mol. The van der Waals surface area contributed by atoms with E-state index in [9.17, 15) is 0 Å². The van der Waals surface area contributed by atoms with Crippen molar-refractivity contribution in [3.05, 3.63) is 72.7 Å². The van der Waals surface area contributed by atoms with Crippen molar-refractivity contribution in [2.45, 2.75) is 6.42 Å². The fourth-order valence-corrected chi connectivity index (χ4v) is 2.66. The minimum atomic E-state index is 0.717. The summed E-state index contributed by atoms with van der Waals surface area (Å²) in [5.41, 5.74) is 3.05. The molecule has 0 spiro atoms. The molecule has 24 heavy (non-hydrogen) atoms. The van der Waals surface area contributed by atoms with Crippen LogP contribution in [0.1, 0.15) is 5.56 Å². The maximum Gasteiger partial charge on any atom is 0.163 e. The molecule has 0 aliphatic carbocycles. The van der Waals surface area contributed by atoms with Crippen LogP contribution in [0.5, 0.6) is 0 Å². The lowest BCUT2D eigenvalue weighted by Gasteiger charge is -2.09. The van der Waals surface area contributed by atoms with E-state index in [2.05, 4.69) is 26.3 Å². The van der Waals surface area contributed by atoms with Gasteiger partial charge >= 0.3 is 0 Å². The summed E-state index contributed by atoms with van der Waals surface area (Å²) in [6, 6.07) is 16.0. The van der Waals surface area contributed by atoms with E-state index in [4.69, 9.17) is 4.98 Å². The Hall–Kier alpha value is -3.21. The van der Waals surface area contributed by atoms with Crippen LogP contribution in [0.25, 0.3) is 22.4 Å². The Kier molecular flexibility index (Phi) is 3.90. The predicted molar refractivity (Wildman–Crippen MR) is 95.8 cm³/mol. The highest BCUT2D eigenvalue weighted by molar-refractivity contribution is 5.88. The van der Waals surface area contributed by atoms with E-state index in [-0.39, 0.29) is 0 Å². The molecule has 0 unspecified atom stereocenters. The smallest absolute Gasteiger partial charge is 0.163 e. The molecule has 0 bridgehead atoms. The molecule has 0 saturated heterocycles. The van der Waals surface area contributed by atoms with Gasteiger partial charge in [0.2, 0.25) is 0 Å². The Labute approximate surface area is 139 Å². The summed E-state index contributed by atoms with van der Waals surface area (Å²) >= 11 is 0. The molecule has 3 heterocycles. The first-order valence-corrected chi connectivity index (χ1v) is 7.93. The van der Waals surface area contributed by atoms with Gasteiger partial charge in [0.05, 0.1) is 5.39 Å². The zero-order valence-electron chi connectivity index (χ0n) is 13.1. The highest BCUT2D eigenvalue weighted by atomic mass is 15.1. The van der Waals surface area contributed by atoms with Crippen LogP contribution in [0.4, 0.5) is 5.82 Å². The zero-order valence-corrected chi connectivity index (χ0v) is 13.1. The number of pyridine rings is 1. The summed E-state index contributed by atoms with van der Waals surface area (Å²) in [5.74, 6) is 1.57. The van der Waals surface area contributed by atoms with Gasteiger partial charge in [-0.05, 0) is 24.1 Å². The number of anilines is 1. The van der Waals surface area contributed by atoms with Gasteiger partial charge in [-0.25, -0.2) is 9.97 Å². The molecule has 1 aromatic carbocycles. The van der Waals surface area contributed by atoms with Crippen LogP contribution < -0.4 is 5.32 Å². The number of nitrogens with one attached hydrogen (secondary N) is 2. The number of fused-ring (bicyclic) bond motifs is 1. The molecular formula is C19H17N5. The Morgan fingerprint density at radius 3 is 2.71 bits per heavy atom. The summed E-state index contributed by atoms with van der Waals surface area (Å²) < 4.78 is 0. The molecule has 3 aromatic heterocycles. The molecule has 0 aliphatic rings. The highest BCUT2D eigenvalue weighted by Gasteiger charge is 2.09. The van der Waals surface area contributed by atoms with Gasteiger partial charge in [-0.3, -0.25) is 4.98 Å². The van der Waals surface area contributed by atoms with Crippen molar-refractivity contribution in [1.29, 1.82) is 0 Å². The first-order chi connectivity index (χ1) is 11.9. The summed E-state index contributed by atoms with van der Waals surface area (Å²) in [6.07, 6.45) is 6.46. The van der Waals surface area contributed by atoms with Crippen LogP contribution in [0, 0.1) is 0 Å². The Morgan fingerprint density at radius 2 is 1.88 bits per heavy atom. The third-order valence-electron chi connectivity index (χ3n) is 3.88. The first kappa shape index (κ1) is 14.4. The molecule has 0 amide bonds. The number of benzene rings is 1. The molecule has 0 radical (unpaired) electrons. The minimum absolute atomic E-state index is 0.717. The summed E-state index contributed by atoms with van der Waals surface area (Å²) in [5, 5.41) is 4.43. The molecule has 2 N–H and O–H groups in total. The van der Waals surface area contributed by atoms with Gasteiger partial charge in [-0.2, -0.15) is 0 Å². The molecule has 0 aliphatic heterocycles. The molecule has 4 aromatic rings. The van der Waals surface area contributed by atoms with Gasteiger partial charge in [0.1, 0.15) is 11.5 Å². The van der Waals surface area contributed by atoms with E-state index in [0.29, 0.717) is 0 Å². The molecule has 0 fully saturated rings. The highest BCUT2D eigenvalue weighted by Crippen LogP contribution is 2.24. The van der Waals surface area contributed by atoms with Crippen molar-refractivity contribution >= 4 is 16.9 Å². The average Bonchev–Trinajstić information content (AvgIpc) is 3.12. The van der Waals surface area contributed by atoms with E-state index >= 15 is 0 Å². The second-order valence-corrected chi connectivity index (χ2v) is 5.54. The number of aromatic amines is 1. The van der Waals surface area contributed by atoms with Gasteiger partial charge < -0.3 is 10.3 Å². The van der Waals surface area contributed by atoms with Crippen molar-refractivity contribution in [1.82, 2.24) is 19.9 Å². The maximum absolute atomic E-state index is 4.72. The van der Waals surface area contributed by atoms with Crippen LogP contribution in [0.3, 0.4) is 0 Å². The fraction of sp³-hybridized carbons (Fsp3) is 0.105. The van der Waals surface area contributed by atoms with E-state index in [1.54, 1.807) is 6.20 Å². The number of H-pyrrole nitrogens is 1. The number of aromatic nitrogens is 4. The van der Waals surface area contributed by atoms with Crippen molar-refractivity contribution in [2.24, 2.45) is 0 Å². The van der Waals surface area contributed by atoms with E-state index in [0.717, 1.165) is 41.2 Å². The largest absolute Gasteiger partial charge is 0.369 e. The van der Waals surface area contributed by atoms with Gasteiger partial charge in [0.15, 0.2) is 5.82 Å². The Morgan fingerprint density at radius 1 is 0.958 bits per heavy atom. The SMILES string of the molecule is c1ccc(-c2nc(NCCc3cccnc3)c3cc[nH]c3n2)cc1. The van der Waals surface area contributed by atoms with Crippen molar-refractivity contribution < 1.29 is 0 Å². The Bertz CT molecular complexity index is 932. The normalized spacial score (nSPS) is 10.8. The van der Waals surface area contributed by atoms with Crippen LogP contribution in [-0.4, -0.2) is 26.5 Å². The number of hydrogen-bond acceptors (Lipinski definition) is 4. The van der Waals surface area contributed by atoms with Crippen molar-refractivity contribution in [3.63, 3.8) is 0 Å². The van der Waals surface area contributed by atoms with Crippen LogP contribution >= 0.6 is 0 Å².